The van der Waals surface area contributed by atoms with Crippen molar-refractivity contribution in [2.75, 3.05) is 26.8 Å². The van der Waals surface area contributed by atoms with E-state index in [2.05, 4.69) is 24.1 Å². The van der Waals surface area contributed by atoms with Crippen LogP contribution < -0.4 is 5.73 Å². The highest BCUT2D eigenvalue weighted by molar-refractivity contribution is 6.30. The number of likely N-dealkylation sites (N-methyl/N-ethyl adjacent to an activating group) is 1. The van der Waals surface area contributed by atoms with Crippen molar-refractivity contribution >= 4 is 11.6 Å². The first-order valence-electron chi connectivity index (χ1n) is 5.90. The zero-order chi connectivity index (χ0) is 12.3. The lowest BCUT2D eigenvalue weighted by molar-refractivity contribution is 0.0882. The Balaban J connectivity index is 2.05. The van der Waals surface area contributed by atoms with E-state index in [-0.39, 0.29) is 5.54 Å². The molecule has 1 saturated heterocycles. The van der Waals surface area contributed by atoms with Gasteiger partial charge >= 0.3 is 0 Å². The molecule has 94 valence electrons. The van der Waals surface area contributed by atoms with Gasteiger partial charge in [0.05, 0.1) is 12.1 Å². The average Bonchev–Trinajstić information content (AvgIpc) is 2.82. The first-order chi connectivity index (χ1) is 8.16. The maximum Gasteiger partial charge on any atom is 0.0663 e. The van der Waals surface area contributed by atoms with Crippen molar-refractivity contribution in [2.45, 2.75) is 18.5 Å². The summed E-state index contributed by atoms with van der Waals surface area (Å²) in [5.41, 5.74) is 7.15. The van der Waals surface area contributed by atoms with Crippen LogP contribution in [0.15, 0.2) is 24.3 Å². The molecule has 0 aromatic heterocycles. The van der Waals surface area contributed by atoms with Crippen molar-refractivity contribution in [1.82, 2.24) is 4.90 Å². The molecular weight excluding hydrogens is 236 g/mol. The number of halogens is 1. The number of rotatable bonds is 4. The molecule has 1 aromatic carbocycles. The SMILES string of the molecule is CN(Cc1ccc(Cl)cc1)C1(CN)CCOC1. The predicted octanol–water partition coefficient (Wildman–Crippen LogP) is 1.89. The number of hydrogen-bond acceptors (Lipinski definition) is 3. The summed E-state index contributed by atoms with van der Waals surface area (Å²) >= 11 is 5.88. The van der Waals surface area contributed by atoms with Gasteiger partial charge in [0.15, 0.2) is 0 Å². The van der Waals surface area contributed by atoms with E-state index in [0.29, 0.717) is 6.54 Å². The Hall–Kier alpha value is -0.610. The maximum atomic E-state index is 5.90. The molecule has 3 nitrogen and oxygen atoms in total. The molecule has 0 radical (unpaired) electrons. The quantitative estimate of drug-likeness (QED) is 0.892. The first-order valence-corrected chi connectivity index (χ1v) is 6.28. The predicted molar refractivity (Wildman–Crippen MR) is 70.1 cm³/mol. The fourth-order valence-electron chi connectivity index (χ4n) is 2.25. The molecule has 4 heteroatoms. The molecule has 0 aliphatic carbocycles. The van der Waals surface area contributed by atoms with E-state index in [1.165, 1.54) is 5.56 Å². The number of benzene rings is 1. The van der Waals surface area contributed by atoms with Crippen molar-refractivity contribution in [3.05, 3.63) is 34.9 Å². The molecule has 0 amide bonds. The molecule has 17 heavy (non-hydrogen) atoms. The molecule has 0 saturated carbocycles. The van der Waals surface area contributed by atoms with Crippen LogP contribution in [0.5, 0.6) is 0 Å². The Morgan fingerprint density at radius 3 is 2.65 bits per heavy atom. The minimum absolute atomic E-state index is 0.000361. The van der Waals surface area contributed by atoms with Crippen molar-refractivity contribution in [3.63, 3.8) is 0 Å². The molecule has 0 bridgehead atoms. The monoisotopic (exact) mass is 254 g/mol. The van der Waals surface area contributed by atoms with Crippen LogP contribution in [0.2, 0.25) is 5.02 Å². The average molecular weight is 255 g/mol. The van der Waals surface area contributed by atoms with Crippen LogP contribution in [0, 0.1) is 0 Å². The minimum atomic E-state index is -0.000361. The zero-order valence-electron chi connectivity index (χ0n) is 10.2. The standard InChI is InChI=1S/C13H19ClN2O/c1-16(13(9-15)6-7-17-10-13)8-11-2-4-12(14)5-3-11/h2-5H,6-10,15H2,1H3. The number of hydrogen-bond donors (Lipinski definition) is 1. The van der Waals surface area contributed by atoms with Gasteiger partial charge in [-0.2, -0.15) is 0 Å². The molecule has 1 heterocycles. The van der Waals surface area contributed by atoms with Gasteiger partial charge in [-0.3, -0.25) is 4.90 Å². The molecule has 1 aliphatic heterocycles. The molecule has 0 spiro atoms. The van der Waals surface area contributed by atoms with E-state index in [9.17, 15) is 0 Å². The van der Waals surface area contributed by atoms with Crippen LogP contribution in [0.25, 0.3) is 0 Å². The summed E-state index contributed by atoms with van der Waals surface area (Å²) in [6.45, 7) is 3.05. The van der Waals surface area contributed by atoms with E-state index >= 15 is 0 Å². The van der Waals surface area contributed by atoms with E-state index in [0.717, 1.165) is 31.2 Å². The number of nitrogens with two attached hydrogens (primary N) is 1. The molecule has 1 aliphatic rings. The van der Waals surface area contributed by atoms with Gasteiger partial charge < -0.3 is 10.5 Å². The van der Waals surface area contributed by atoms with E-state index in [1.54, 1.807) is 0 Å². The second-order valence-electron chi connectivity index (χ2n) is 4.71. The van der Waals surface area contributed by atoms with Gasteiger partial charge in [-0.15, -0.1) is 0 Å². The third-order valence-electron chi connectivity index (χ3n) is 3.61. The Labute approximate surface area is 107 Å². The summed E-state index contributed by atoms with van der Waals surface area (Å²) in [6, 6.07) is 7.95. The topological polar surface area (TPSA) is 38.5 Å². The fraction of sp³-hybridized carbons (Fsp3) is 0.538. The first kappa shape index (κ1) is 12.8. The Bertz CT molecular complexity index is 360. The molecule has 2 N–H and O–H groups in total. The summed E-state index contributed by atoms with van der Waals surface area (Å²) in [7, 11) is 2.11. The molecule has 2 rings (SSSR count). The van der Waals surface area contributed by atoms with Crippen molar-refractivity contribution in [1.29, 1.82) is 0 Å². The number of ether oxygens (including phenoxy) is 1. The van der Waals surface area contributed by atoms with Crippen molar-refractivity contribution < 1.29 is 4.74 Å². The zero-order valence-corrected chi connectivity index (χ0v) is 10.9. The molecule has 1 atom stereocenters. The van der Waals surface area contributed by atoms with Crippen LogP contribution in [0.1, 0.15) is 12.0 Å². The number of nitrogens with zero attached hydrogens (tertiary/aromatic N) is 1. The summed E-state index contributed by atoms with van der Waals surface area (Å²) in [4.78, 5) is 2.29. The highest BCUT2D eigenvalue weighted by atomic mass is 35.5. The fourth-order valence-corrected chi connectivity index (χ4v) is 2.37. The van der Waals surface area contributed by atoms with Gasteiger partial charge in [0.1, 0.15) is 0 Å². The summed E-state index contributed by atoms with van der Waals surface area (Å²) in [6.07, 6.45) is 1.01. The van der Waals surface area contributed by atoms with Gasteiger partial charge in [-0.1, -0.05) is 23.7 Å². The minimum Gasteiger partial charge on any atom is -0.379 e. The molecule has 1 aromatic rings. The Morgan fingerprint density at radius 1 is 1.41 bits per heavy atom. The third-order valence-corrected chi connectivity index (χ3v) is 3.86. The highest BCUT2D eigenvalue weighted by Gasteiger charge is 2.37. The van der Waals surface area contributed by atoms with E-state index in [1.807, 2.05) is 12.1 Å². The van der Waals surface area contributed by atoms with Gasteiger partial charge in [0, 0.05) is 24.7 Å². The Kier molecular flexibility index (Phi) is 4.05. The molecular formula is C13H19ClN2O. The third kappa shape index (κ3) is 2.80. The maximum absolute atomic E-state index is 5.90. The highest BCUT2D eigenvalue weighted by Crippen LogP contribution is 2.25. The molecule has 1 fully saturated rings. The summed E-state index contributed by atoms with van der Waals surface area (Å²) < 4.78 is 5.49. The lowest BCUT2D eigenvalue weighted by Gasteiger charge is -2.36. The van der Waals surface area contributed by atoms with Gasteiger partial charge in [0.2, 0.25) is 0 Å². The lowest BCUT2D eigenvalue weighted by atomic mass is 9.96. The van der Waals surface area contributed by atoms with Gasteiger partial charge in [0.25, 0.3) is 0 Å². The van der Waals surface area contributed by atoms with Crippen LogP contribution in [0.3, 0.4) is 0 Å². The van der Waals surface area contributed by atoms with Gasteiger partial charge in [-0.25, -0.2) is 0 Å². The largest absolute Gasteiger partial charge is 0.379 e. The lowest BCUT2D eigenvalue weighted by Crippen LogP contribution is -2.52. The van der Waals surface area contributed by atoms with E-state index in [4.69, 9.17) is 22.1 Å². The normalized spacial score (nSPS) is 24.5. The van der Waals surface area contributed by atoms with Crippen LogP contribution >= 0.6 is 11.6 Å². The van der Waals surface area contributed by atoms with Crippen LogP contribution in [-0.2, 0) is 11.3 Å². The van der Waals surface area contributed by atoms with Crippen molar-refractivity contribution in [2.24, 2.45) is 5.73 Å². The molecule has 1 unspecified atom stereocenters. The van der Waals surface area contributed by atoms with Crippen molar-refractivity contribution in [3.8, 4) is 0 Å². The second kappa shape index (κ2) is 5.36. The Morgan fingerprint density at radius 2 is 2.12 bits per heavy atom. The summed E-state index contributed by atoms with van der Waals surface area (Å²) in [5, 5.41) is 0.772. The second-order valence-corrected chi connectivity index (χ2v) is 5.15. The summed E-state index contributed by atoms with van der Waals surface area (Å²) in [5.74, 6) is 0. The smallest absolute Gasteiger partial charge is 0.0663 e. The van der Waals surface area contributed by atoms with Crippen LogP contribution in [-0.4, -0.2) is 37.2 Å². The van der Waals surface area contributed by atoms with Gasteiger partial charge in [-0.05, 0) is 31.2 Å². The van der Waals surface area contributed by atoms with Crippen LogP contribution in [0.4, 0.5) is 0 Å². The van der Waals surface area contributed by atoms with E-state index < -0.39 is 0 Å².